The molecule has 0 unspecified atom stereocenters. The lowest BCUT2D eigenvalue weighted by molar-refractivity contribution is 1.09. The summed E-state index contributed by atoms with van der Waals surface area (Å²) in [6.45, 7) is 20.3. The Balaban J connectivity index is 0.000000207. The number of fused-ring (bicyclic) bond motifs is 3. The van der Waals surface area contributed by atoms with Crippen LogP contribution in [0.15, 0.2) is 158 Å². The van der Waals surface area contributed by atoms with Crippen molar-refractivity contribution in [2.45, 2.75) is 20.3 Å². The maximum absolute atomic E-state index is 4.07. The molecule has 0 aliphatic rings. The zero-order valence-corrected chi connectivity index (χ0v) is 29.4. The highest BCUT2D eigenvalue weighted by Gasteiger charge is 2.13. The van der Waals surface area contributed by atoms with Crippen molar-refractivity contribution in [1.82, 2.24) is 0 Å². The van der Waals surface area contributed by atoms with Crippen molar-refractivity contribution in [1.29, 1.82) is 0 Å². The fourth-order valence-electron chi connectivity index (χ4n) is 6.10. The van der Waals surface area contributed by atoms with E-state index in [1.54, 1.807) is 0 Å². The van der Waals surface area contributed by atoms with Gasteiger partial charge in [0.05, 0.1) is 0 Å². The van der Waals surface area contributed by atoms with Gasteiger partial charge in [-0.2, -0.15) is 0 Å². The summed E-state index contributed by atoms with van der Waals surface area (Å²) in [4.78, 5) is 0. The van der Waals surface area contributed by atoms with Crippen LogP contribution >= 0.6 is 15.9 Å². The quantitative estimate of drug-likeness (QED) is 0.153. The van der Waals surface area contributed by atoms with Gasteiger partial charge in [-0.1, -0.05) is 186 Å². The van der Waals surface area contributed by atoms with Crippen LogP contribution in [-0.2, 0) is 0 Å². The lowest BCUT2D eigenvalue weighted by Gasteiger charge is -2.15. The Morgan fingerprint density at radius 2 is 0.958 bits per heavy atom. The van der Waals surface area contributed by atoms with Crippen LogP contribution in [0, 0.1) is 0 Å². The van der Waals surface area contributed by atoms with Gasteiger partial charge in [-0.15, -0.1) is 0 Å². The molecule has 0 aliphatic heterocycles. The molecular weight excluding hydrogens is 644 g/mol. The molecular formula is C47H41Br. The molecule has 0 atom stereocenters. The van der Waals surface area contributed by atoms with Gasteiger partial charge < -0.3 is 0 Å². The summed E-state index contributed by atoms with van der Waals surface area (Å²) in [6, 6.07) is 44.7. The third kappa shape index (κ3) is 7.03. The van der Waals surface area contributed by atoms with Crippen molar-refractivity contribution in [3.05, 3.63) is 180 Å². The lowest BCUT2D eigenvalue weighted by Crippen LogP contribution is -1.92. The van der Waals surface area contributed by atoms with Crippen molar-refractivity contribution in [2.24, 2.45) is 0 Å². The molecule has 0 aromatic heterocycles. The Kier molecular flexibility index (Phi) is 11.4. The minimum absolute atomic E-state index is 1.09. The average molecular weight is 686 g/mol. The zero-order valence-electron chi connectivity index (χ0n) is 27.8. The number of rotatable bonds is 6. The van der Waals surface area contributed by atoms with E-state index in [4.69, 9.17) is 0 Å². The van der Waals surface area contributed by atoms with Gasteiger partial charge in [0, 0.05) is 4.47 Å². The second kappa shape index (κ2) is 16.0. The van der Waals surface area contributed by atoms with Crippen molar-refractivity contribution < 1.29 is 0 Å². The van der Waals surface area contributed by atoms with E-state index in [9.17, 15) is 0 Å². The van der Waals surface area contributed by atoms with Crippen molar-refractivity contribution in [3.8, 4) is 22.3 Å². The molecule has 0 bridgehead atoms. The molecule has 48 heavy (non-hydrogen) atoms. The average Bonchev–Trinajstić information content (AvgIpc) is 3.14. The maximum atomic E-state index is 4.07. The second-order valence-electron chi connectivity index (χ2n) is 11.5. The highest BCUT2D eigenvalue weighted by Crippen LogP contribution is 2.38. The monoisotopic (exact) mass is 684 g/mol. The molecule has 7 aromatic carbocycles. The standard InChI is InChI=1S/C30H24.C14H9Br.C3H8/c1-5-21-13-11-15-28(26(21)7-3)23-16-18-24(19-17-23)30-27(8-4)22(6-2)20-25-12-9-10-14-29(25)30;15-14-12-7-3-1-5-10(12)9-11-6-2-4-8-13(11)14;1-3-2/h5-20H,1-4H2;1-9H;3H2,1-2H3. The summed E-state index contributed by atoms with van der Waals surface area (Å²) < 4.78 is 1.19. The normalized spacial score (nSPS) is 10.4. The van der Waals surface area contributed by atoms with Crippen LogP contribution in [0.4, 0.5) is 0 Å². The Labute approximate surface area is 294 Å². The number of hydrogen-bond donors (Lipinski definition) is 0. The van der Waals surface area contributed by atoms with E-state index in [2.05, 4.69) is 183 Å². The van der Waals surface area contributed by atoms with Gasteiger partial charge in [0.2, 0.25) is 0 Å². The summed E-state index contributed by atoms with van der Waals surface area (Å²) >= 11 is 3.68. The molecule has 1 heteroatoms. The van der Waals surface area contributed by atoms with Crippen LogP contribution in [0.1, 0.15) is 42.5 Å². The molecule has 0 aliphatic carbocycles. The van der Waals surface area contributed by atoms with Crippen molar-refractivity contribution >= 4 is 72.6 Å². The summed E-state index contributed by atoms with van der Waals surface area (Å²) in [5.41, 5.74) is 9.05. The highest BCUT2D eigenvalue weighted by molar-refractivity contribution is 9.10. The van der Waals surface area contributed by atoms with Crippen LogP contribution < -0.4 is 0 Å². The van der Waals surface area contributed by atoms with Gasteiger partial charge in [0.25, 0.3) is 0 Å². The third-order valence-electron chi connectivity index (χ3n) is 8.30. The van der Waals surface area contributed by atoms with Crippen LogP contribution in [-0.4, -0.2) is 0 Å². The first-order valence-electron chi connectivity index (χ1n) is 16.3. The fourth-order valence-corrected chi connectivity index (χ4v) is 6.82. The first-order chi connectivity index (χ1) is 23.5. The molecule has 7 aromatic rings. The molecule has 0 N–H and O–H groups in total. The first-order valence-corrected chi connectivity index (χ1v) is 17.1. The largest absolute Gasteiger partial charge is 0.0984 e. The summed E-state index contributed by atoms with van der Waals surface area (Å²) in [7, 11) is 0. The van der Waals surface area contributed by atoms with Gasteiger partial charge in [-0.3, -0.25) is 0 Å². The zero-order chi connectivity index (χ0) is 34.0. The van der Waals surface area contributed by atoms with E-state index < -0.39 is 0 Å². The molecule has 0 heterocycles. The predicted molar refractivity (Wildman–Crippen MR) is 220 cm³/mol. The Hall–Kier alpha value is -5.24. The Morgan fingerprint density at radius 1 is 0.479 bits per heavy atom. The van der Waals surface area contributed by atoms with Gasteiger partial charge in [0.1, 0.15) is 0 Å². The predicted octanol–water partition coefficient (Wildman–Crippen LogP) is 14.9. The minimum Gasteiger partial charge on any atom is -0.0984 e. The number of halogens is 1. The van der Waals surface area contributed by atoms with Crippen molar-refractivity contribution in [2.75, 3.05) is 0 Å². The molecule has 7 rings (SSSR count). The molecule has 236 valence electrons. The molecule has 0 fully saturated rings. The molecule has 0 nitrogen and oxygen atoms in total. The van der Waals surface area contributed by atoms with Crippen LogP contribution in [0.2, 0.25) is 0 Å². The number of benzene rings is 7. The van der Waals surface area contributed by atoms with E-state index in [0.29, 0.717) is 0 Å². The van der Waals surface area contributed by atoms with E-state index in [0.717, 1.165) is 38.9 Å². The summed E-state index contributed by atoms with van der Waals surface area (Å²) in [6.07, 6.45) is 8.85. The van der Waals surface area contributed by atoms with Gasteiger partial charge in [-0.05, 0) is 105 Å². The van der Waals surface area contributed by atoms with E-state index in [1.165, 1.54) is 48.8 Å². The first kappa shape index (κ1) is 34.1. The minimum atomic E-state index is 1.09. The molecule has 0 saturated heterocycles. The lowest BCUT2D eigenvalue weighted by atomic mass is 9.88. The third-order valence-corrected chi connectivity index (χ3v) is 9.15. The van der Waals surface area contributed by atoms with E-state index in [1.807, 2.05) is 24.3 Å². The van der Waals surface area contributed by atoms with Crippen LogP contribution in [0.5, 0.6) is 0 Å². The SMILES string of the molecule is Brc1c2ccccc2cc2ccccc12.C=Cc1cccc(-c2ccc(-c3c(C=C)c(C=C)cc4ccccc34)cc2)c1C=C.CCC. The second-order valence-corrected chi connectivity index (χ2v) is 12.3. The maximum Gasteiger partial charge on any atom is 0.0332 e. The number of hydrogen-bond acceptors (Lipinski definition) is 0. The van der Waals surface area contributed by atoms with E-state index in [-0.39, 0.29) is 0 Å². The van der Waals surface area contributed by atoms with Crippen LogP contribution in [0.3, 0.4) is 0 Å². The molecule has 0 radical (unpaired) electrons. The highest BCUT2D eigenvalue weighted by atomic mass is 79.9. The smallest absolute Gasteiger partial charge is 0.0332 e. The van der Waals surface area contributed by atoms with Crippen molar-refractivity contribution in [3.63, 3.8) is 0 Å². The van der Waals surface area contributed by atoms with Gasteiger partial charge in [-0.25, -0.2) is 0 Å². The summed E-state index contributed by atoms with van der Waals surface area (Å²) in [5, 5.41) is 7.52. The van der Waals surface area contributed by atoms with Gasteiger partial charge in [0.15, 0.2) is 0 Å². The molecule has 0 saturated carbocycles. The molecule has 0 amide bonds. The summed E-state index contributed by atoms with van der Waals surface area (Å²) in [5.74, 6) is 0. The van der Waals surface area contributed by atoms with Crippen LogP contribution in [0.25, 0.3) is 78.9 Å². The topological polar surface area (TPSA) is 0 Å². The molecule has 0 spiro atoms. The van der Waals surface area contributed by atoms with E-state index >= 15 is 0 Å². The Bertz CT molecular complexity index is 2200. The van der Waals surface area contributed by atoms with Gasteiger partial charge >= 0.3 is 0 Å². The fraction of sp³-hybridized carbons (Fsp3) is 0.0638. The Morgan fingerprint density at radius 3 is 1.48 bits per heavy atom.